The minimum atomic E-state index is -1.04. The molecule has 4 heteroatoms. The summed E-state index contributed by atoms with van der Waals surface area (Å²) in [6, 6.07) is 0. The highest BCUT2D eigenvalue weighted by Crippen LogP contribution is 2.25. The van der Waals surface area contributed by atoms with E-state index in [0.717, 1.165) is 30.8 Å². The number of hydrogen-bond donors (Lipinski definition) is 0. The van der Waals surface area contributed by atoms with Gasteiger partial charge in [-0.05, 0) is 33.2 Å². The van der Waals surface area contributed by atoms with Gasteiger partial charge in [-0.3, -0.25) is 4.90 Å². The number of aryl methyl sites for hydroxylation is 1. The Bertz CT molecular complexity index is 335. The van der Waals surface area contributed by atoms with Gasteiger partial charge in [0, 0.05) is 18.7 Å². The molecule has 1 aromatic rings. The van der Waals surface area contributed by atoms with Crippen LogP contribution in [0, 0.1) is 6.92 Å². The van der Waals surface area contributed by atoms with Crippen molar-refractivity contribution in [3.63, 3.8) is 0 Å². The van der Waals surface area contributed by atoms with Crippen molar-refractivity contribution in [1.82, 2.24) is 10.1 Å². The molecule has 0 saturated carbocycles. The first-order chi connectivity index (χ1) is 7.07. The summed E-state index contributed by atoms with van der Waals surface area (Å²) in [7, 11) is 0. The second kappa shape index (κ2) is 3.93. The van der Waals surface area contributed by atoms with E-state index in [1.807, 2.05) is 6.92 Å². The Kier molecular flexibility index (Phi) is 2.78. The van der Waals surface area contributed by atoms with Crippen molar-refractivity contribution in [3.05, 3.63) is 17.5 Å². The number of halogens is 1. The van der Waals surface area contributed by atoms with Crippen LogP contribution in [0.15, 0.2) is 10.7 Å². The third-order valence-electron chi connectivity index (χ3n) is 2.97. The summed E-state index contributed by atoms with van der Waals surface area (Å²) < 4.78 is 18.8. The van der Waals surface area contributed by atoms with E-state index in [9.17, 15) is 4.39 Å². The molecule has 15 heavy (non-hydrogen) atoms. The van der Waals surface area contributed by atoms with E-state index in [4.69, 9.17) is 4.52 Å². The molecule has 1 saturated heterocycles. The number of hydrogen-bond acceptors (Lipinski definition) is 3. The van der Waals surface area contributed by atoms with Gasteiger partial charge >= 0.3 is 0 Å². The normalized spacial score (nSPS) is 28.2. The molecule has 0 spiro atoms. The second-order valence-electron chi connectivity index (χ2n) is 4.63. The van der Waals surface area contributed by atoms with Crippen LogP contribution in [0.5, 0.6) is 0 Å². The van der Waals surface area contributed by atoms with Crippen molar-refractivity contribution >= 4 is 0 Å². The summed E-state index contributed by atoms with van der Waals surface area (Å²) >= 11 is 0. The van der Waals surface area contributed by atoms with Gasteiger partial charge in [-0.1, -0.05) is 5.16 Å². The molecule has 0 amide bonds. The first-order valence-electron chi connectivity index (χ1n) is 5.38. The molecular formula is C11H17FN2O. The van der Waals surface area contributed by atoms with Crippen LogP contribution in [0.3, 0.4) is 0 Å². The Hall–Kier alpha value is -0.900. The van der Waals surface area contributed by atoms with Gasteiger partial charge in [-0.2, -0.15) is 0 Å². The van der Waals surface area contributed by atoms with Crippen molar-refractivity contribution in [1.29, 1.82) is 0 Å². The lowest BCUT2D eigenvalue weighted by atomic mass is 9.97. The van der Waals surface area contributed by atoms with Gasteiger partial charge < -0.3 is 4.52 Å². The zero-order valence-corrected chi connectivity index (χ0v) is 9.29. The van der Waals surface area contributed by atoms with Crippen molar-refractivity contribution in [2.75, 3.05) is 13.1 Å². The Balaban J connectivity index is 1.98. The molecule has 1 fully saturated rings. The minimum absolute atomic E-state index is 0.512. The van der Waals surface area contributed by atoms with Crippen LogP contribution in [0.25, 0.3) is 0 Å². The van der Waals surface area contributed by atoms with Gasteiger partial charge in [-0.25, -0.2) is 4.39 Å². The molecule has 2 rings (SSSR count). The van der Waals surface area contributed by atoms with Crippen molar-refractivity contribution < 1.29 is 8.91 Å². The highest BCUT2D eigenvalue weighted by Gasteiger charge is 2.30. The first kappa shape index (κ1) is 10.6. The highest BCUT2D eigenvalue weighted by atomic mass is 19.1. The summed E-state index contributed by atoms with van der Waals surface area (Å²) in [4.78, 5) is 2.13. The lowest BCUT2D eigenvalue weighted by molar-refractivity contribution is 0.0561. The fraction of sp³-hybridized carbons (Fsp3) is 0.727. The van der Waals surface area contributed by atoms with Crippen molar-refractivity contribution in [2.45, 2.75) is 38.9 Å². The van der Waals surface area contributed by atoms with Crippen LogP contribution in [-0.2, 0) is 6.54 Å². The number of piperidine rings is 1. The number of rotatable bonds is 2. The van der Waals surface area contributed by atoms with Gasteiger partial charge in [0.05, 0.1) is 6.20 Å². The predicted molar refractivity (Wildman–Crippen MR) is 55.3 cm³/mol. The number of alkyl halides is 1. The molecular weight excluding hydrogens is 195 g/mol. The molecule has 2 heterocycles. The fourth-order valence-electron chi connectivity index (χ4n) is 2.14. The van der Waals surface area contributed by atoms with E-state index < -0.39 is 5.67 Å². The lowest BCUT2D eigenvalue weighted by Gasteiger charge is -2.34. The summed E-state index contributed by atoms with van der Waals surface area (Å²) in [5.41, 5.74) is 0.0243. The molecule has 1 aliphatic rings. The Morgan fingerprint density at radius 3 is 3.07 bits per heavy atom. The van der Waals surface area contributed by atoms with E-state index in [0.29, 0.717) is 13.0 Å². The predicted octanol–water partition coefficient (Wildman–Crippen LogP) is 2.31. The summed E-state index contributed by atoms with van der Waals surface area (Å²) in [5, 5.41) is 3.73. The molecule has 1 aliphatic heterocycles. The zero-order chi connectivity index (χ0) is 10.9. The number of likely N-dealkylation sites (tertiary alicyclic amines) is 1. The average Bonchev–Trinajstić information content (AvgIpc) is 2.50. The van der Waals surface area contributed by atoms with Gasteiger partial charge in [0.25, 0.3) is 0 Å². The largest absolute Gasteiger partial charge is 0.361 e. The molecule has 0 bridgehead atoms. The van der Waals surface area contributed by atoms with E-state index in [2.05, 4.69) is 10.1 Å². The van der Waals surface area contributed by atoms with E-state index in [1.165, 1.54) is 0 Å². The molecule has 84 valence electrons. The lowest BCUT2D eigenvalue weighted by Crippen LogP contribution is -2.42. The maximum atomic E-state index is 13.8. The van der Waals surface area contributed by atoms with E-state index in [1.54, 1.807) is 13.1 Å². The average molecular weight is 212 g/mol. The standard InChI is InChI=1S/C11H17FN2O/c1-9-10(6-13-15-9)7-14-5-3-4-11(2,12)8-14/h6H,3-5,7-8H2,1-2H3. The maximum absolute atomic E-state index is 13.8. The molecule has 1 atom stereocenters. The van der Waals surface area contributed by atoms with E-state index >= 15 is 0 Å². The van der Waals surface area contributed by atoms with Crippen LogP contribution < -0.4 is 0 Å². The zero-order valence-electron chi connectivity index (χ0n) is 9.29. The first-order valence-corrected chi connectivity index (χ1v) is 5.38. The molecule has 0 N–H and O–H groups in total. The number of aromatic nitrogens is 1. The van der Waals surface area contributed by atoms with Gasteiger partial charge in [0.1, 0.15) is 11.4 Å². The molecule has 1 unspecified atom stereocenters. The Morgan fingerprint density at radius 1 is 1.67 bits per heavy atom. The monoisotopic (exact) mass is 212 g/mol. The van der Waals surface area contributed by atoms with Crippen molar-refractivity contribution in [2.24, 2.45) is 0 Å². The van der Waals surface area contributed by atoms with Gasteiger partial charge in [0.15, 0.2) is 0 Å². The van der Waals surface area contributed by atoms with Crippen LogP contribution in [-0.4, -0.2) is 28.8 Å². The molecule has 0 aliphatic carbocycles. The van der Waals surface area contributed by atoms with Crippen LogP contribution >= 0.6 is 0 Å². The SMILES string of the molecule is Cc1oncc1CN1CCCC(C)(F)C1. The molecule has 0 aromatic carbocycles. The Morgan fingerprint density at radius 2 is 2.47 bits per heavy atom. The maximum Gasteiger partial charge on any atom is 0.138 e. The fourth-order valence-corrected chi connectivity index (χ4v) is 2.14. The third kappa shape index (κ3) is 2.56. The molecule has 1 aromatic heterocycles. The summed E-state index contributed by atoms with van der Waals surface area (Å²) in [5.74, 6) is 0.834. The summed E-state index contributed by atoms with van der Waals surface area (Å²) in [6.07, 6.45) is 3.32. The van der Waals surface area contributed by atoms with E-state index in [-0.39, 0.29) is 0 Å². The topological polar surface area (TPSA) is 29.3 Å². The van der Waals surface area contributed by atoms with Crippen LogP contribution in [0.4, 0.5) is 4.39 Å². The van der Waals surface area contributed by atoms with Crippen molar-refractivity contribution in [3.8, 4) is 0 Å². The molecule has 3 nitrogen and oxygen atoms in total. The van der Waals surface area contributed by atoms with Crippen LogP contribution in [0.1, 0.15) is 31.1 Å². The minimum Gasteiger partial charge on any atom is -0.361 e. The smallest absolute Gasteiger partial charge is 0.138 e. The van der Waals surface area contributed by atoms with Gasteiger partial charge in [0.2, 0.25) is 0 Å². The third-order valence-corrected chi connectivity index (χ3v) is 2.97. The van der Waals surface area contributed by atoms with Crippen LogP contribution in [0.2, 0.25) is 0 Å². The molecule has 0 radical (unpaired) electrons. The summed E-state index contributed by atoms with van der Waals surface area (Å²) in [6.45, 7) is 5.79. The second-order valence-corrected chi connectivity index (χ2v) is 4.63. The highest BCUT2D eigenvalue weighted by molar-refractivity contribution is 5.11. The Labute approximate surface area is 89.2 Å². The number of nitrogens with zero attached hydrogens (tertiary/aromatic N) is 2. The van der Waals surface area contributed by atoms with Gasteiger partial charge in [-0.15, -0.1) is 0 Å². The quantitative estimate of drug-likeness (QED) is 0.753.